The first-order chi connectivity index (χ1) is 9.63. The summed E-state index contributed by atoms with van der Waals surface area (Å²) in [6, 6.07) is 7.37. The van der Waals surface area contributed by atoms with Gasteiger partial charge in [-0.1, -0.05) is 6.07 Å². The van der Waals surface area contributed by atoms with Gasteiger partial charge >= 0.3 is 0 Å². The average molecular weight is 356 g/mol. The van der Waals surface area contributed by atoms with Crippen LogP contribution in [0.5, 0.6) is 11.5 Å². The summed E-state index contributed by atoms with van der Waals surface area (Å²) in [5.41, 5.74) is 1.60. The third kappa shape index (κ3) is 3.52. The Morgan fingerprint density at radius 1 is 1.25 bits per heavy atom. The van der Waals surface area contributed by atoms with E-state index in [4.69, 9.17) is 9.47 Å². The second-order valence-electron chi connectivity index (χ2n) is 4.01. The zero-order chi connectivity index (χ0) is 14.5. The van der Waals surface area contributed by atoms with Gasteiger partial charge in [-0.05, 0) is 39.7 Å². The maximum absolute atomic E-state index is 11.9. The lowest BCUT2D eigenvalue weighted by Gasteiger charge is -2.10. The topological polar surface area (TPSA) is 47.6 Å². The maximum Gasteiger partial charge on any atom is 0.252 e. The smallest absolute Gasteiger partial charge is 0.252 e. The summed E-state index contributed by atoms with van der Waals surface area (Å²) in [6.07, 6.45) is 0. The molecule has 0 aliphatic rings. The number of nitrogens with one attached hydrogen (secondary N) is 1. The number of ether oxygens (including phenoxy) is 2. The second-order valence-corrected chi connectivity index (χ2v) is 6.30. The molecule has 0 aliphatic heterocycles. The van der Waals surface area contributed by atoms with Gasteiger partial charge in [0.05, 0.1) is 23.6 Å². The molecular weight excluding hydrogens is 342 g/mol. The van der Waals surface area contributed by atoms with Crippen molar-refractivity contribution in [3.8, 4) is 11.5 Å². The van der Waals surface area contributed by atoms with Crippen molar-refractivity contribution in [1.82, 2.24) is 5.32 Å². The lowest BCUT2D eigenvalue weighted by molar-refractivity contribution is 0.0951. The van der Waals surface area contributed by atoms with Gasteiger partial charge in [-0.2, -0.15) is 0 Å². The largest absolute Gasteiger partial charge is 0.493 e. The standard InChI is InChI=1S/C14H14BrNO3S/c1-18-11-4-3-9(5-12(11)19-2)7-16-14(17)10-6-13(15)20-8-10/h3-6,8H,7H2,1-2H3,(H,16,17). The van der Waals surface area contributed by atoms with Crippen LogP contribution in [-0.2, 0) is 6.54 Å². The van der Waals surface area contributed by atoms with Crippen LogP contribution in [-0.4, -0.2) is 20.1 Å². The fourth-order valence-corrected chi connectivity index (χ4v) is 2.84. The fourth-order valence-electron chi connectivity index (χ4n) is 1.70. The van der Waals surface area contributed by atoms with Crippen LogP contribution in [0.15, 0.2) is 33.4 Å². The predicted octanol–water partition coefficient (Wildman–Crippen LogP) is 3.46. The summed E-state index contributed by atoms with van der Waals surface area (Å²) in [5, 5.41) is 4.68. The summed E-state index contributed by atoms with van der Waals surface area (Å²) < 4.78 is 11.3. The number of carbonyl (C=O) groups excluding carboxylic acids is 1. The molecule has 0 saturated heterocycles. The molecule has 106 valence electrons. The lowest BCUT2D eigenvalue weighted by Crippen LogP contribution is -2.22. The van der Waals surface area contributed by atoms with Gasteiger partial charge in [-0.25, -0.2) is 0 Å². The number of hydrogen-bond donors (Lipinski definition) is 1. The minimum absolute atomic E-state index is 0.0956. The van der Waals surface area contributed by atoms with Crippen molar-refractivity contribution in [3.05, 3.63) is 44.6 Å². The van der Waals surface area contributed by atoms with Gasteiger partial charge in [0.2, 0.25) is 0 Å². The van der Waals surface area contributed by atoms with Crippen molar-refractivity contribution < 1.29 is 14.3 Å². The maximum atomic E-state index is 11.9. The molecule has 2 aromatic rings. The first kappa shape index (κ1) is 14.9. The highest BCUT2D eigenvalue weighted by atomic mass is 79.9. The lowest BCUT2D eigenvalue weighted by atomic mass is 10.2. The van der Waals surface area contributed by atoms with E-state index in [1.54, 1.807) is 20.3 Å². The molecule has 20 heavy (non-hydrogen) atoms. The van der Waals surface area contributed by atoms with Gasteiger partial charge in [0.15, 0.2) is 11.5 Å². The van der Waals surface area contributed by atoms with Gasteiger partial charge in [-0.15, -0.1) is 11.3 Å². The third-order valence-corrected chi connectivity index (χ3v) is 4.24. The first-order valence-corrected chi connectivity index (χ1v) is 7.54. The Morgan fingerprint density at radius 2 is 2.00 bits per heavy atom. The summed E-state index contributed by atoms with van der Waals surface area (Å²) in [4.78, 5) is 11.9. The molecular formula is C14H14BrNO3S. The highest BCUT2D eigenvalue weighted by Gasteiger charge is 2.09. The highest BCUT2D eigenvalue weighted by Crippen LogP contribution is 2.27. The van der Waals surface area contributed by atoms with Crippen molar-refractivity contribution in [2.75, 3.05) is 14.2 Å². The van der Waals surface area contributed by atoms with Gasteiger partial charge in [0, 0.05) is 11.9 Å². The molecule has 0 radical (unpaired) electrons. The molecule has 0 atom stereocenters. The van der Waals surface area contributed by atoms with Crippen LogP contribution in [0.1, 0.15) is 15.9 Å². The number of benzene rings is 1. The number of amides is 1. The van der Waals surface area contributed by atoms with E-state index in [-0.39, 0.29) is 5.91 Å². The summed E-state index contributed by atoms with van der Waals surface area (Å²) in [5.74, 6) is 1.23. The van der Waals surface area contributed by atoms with Crippen LogP contribution < -0.4 is 14.8 Å². The zero-order valence-electron chi connectivity index (χ0n) is 11.1. The van der Waals surface area contributed by atoms with Crippen molar-refractivity contribution >= 4 is 33.2 Å². The monoisotopic (exact) mass is 355 g/mol. The molecule has 0 saturated carbocycles. The van der Waals surface area contributed by atoms with Crippen LogP contribution in [0.4, 0.5) is 0 Å². The predicted molar refractivity (Wildman–Crippen MR) is 82.7 cm³/mol. The van der Waals surface area contributed by atoms with E-state index in [0.717, 1.165) is 9.35 Å². The zero-order valence-corrected chi connectivity index (χ0v) is 13.5. The van der Waals surface area contributed by atoms with E-state index in [9.17, 15) is 4.79 Å². The Balaban J connectivity index is 2.02. The average Bonchev–Trinajstić information content (AvgIpc) is 2.91. The molecule has 6 heteroatoms. The molecule has 1 aromatic heterocycles. The SMILES string of the molecule is COc1ccc(CNC(=O)c2csc(Br)c2)cc1OC. The Morgan fingerprint density at radius 3 is 2.60 bits per heavy atom. The molecule has 4 nitrogen and oxygen atoms in total. The van der Waals surface area contributed by atoms with Crippen molar-refractivity contribution in [2.45, 2.75) is 6.54 Å². The molecule has 1 heterocycles. The van der Waals surface area contributed by atoms with Gasteiger partial charge in [-0.3, -0.25) is 4.79 Å². The molecule has 0 spiro atoms. The Hall–Kier alpha value is -1.53. The quantitative estimate of drug-likeness (QED) is 0.893. The Labute approximate surface area is 129 Å². The summed E-state index contributed by atoms with van der Waals surface area (Å²) in [7, 11) is 3.18. The Bertz CT molecular complexity index is 612. The van der Waals surface area contributed by atoms with Crippen molar-refractivity contribution in [1.29, 1.82) is 0 Å². The summed E-state index contributed by atoms with van der Waals surface area (Å²) >= 11 is 4.82. The number of thiophene rings is 1. The number of carbonyl (C=O) groups is 1. The van der Waals surface area contributed by atoms with Gasteiger partial charge in [0.1, 0.15) is 0 Å². The molecule has 1 aromatic carbocycles. The van der Waals surface area contributed by atoms with Gasteiger partial charge in [0.25, 0.3) is 5.91 Å². The number of rotatable bonds is 5. The fraction of sp³-hybridized carbons (Fsp3) is 0.214. The van der Waals surface area contributed by atoms with E-state index < -0.39 is 0 Å². The third-order valence-electron chi connectivity index (χ3n) is 2.73. The second kappa shape index (κ2) is 6.76. The number of hydrogen-bond acceptors (Lipinski definition) is 4. The van der Waals surface area contributed by atoms with Crippen LogP contribution in [0.25, 0.3) is 0 Å². The minimum Gasteiger partial charge on any atom is -0.493 e. The minimum atomic E-state index is -0.0956. The van der Waals surface area contributed by atoms with Crippen molar-refractivity contribution in [2.24, 2.45) is 0 Å². The molecule has 0 bridgehead atoms. The normalized spacial score (nSPS) is 10.2. The van der Waals surface area contributed by atoms with Gasteiger partial charge < -0.3 is 14.8 Å². The van der Waals surface area contributed by atoms with Crippen LogP contribution in [0.2, 0.25) is 0 Å². The van der Waals surface area contributed by atoms with E-state index in [2.05, 4.69) is 21.2 Å². The molecule has 1 amide bonds. The summed E-state index contributed by atoms with van der Waals surface area (Å²) in [6.45, 7) is 0.437. The Kier molecular flexibility index (Phi) is 5.03. The molecule has 0 unspecified atom stereocenters. The van der Waals surface area contributed by atoms with Crippen LogP contribution in [0, 0.1) is 0 Å². The highest BCUT2D eigenvalue weighted by molar-refractivity contribution is 9.11. The van der Waals surface area contributed by atoms with E-state index in [0.29, 0.717) is 23.6 Å². The molecule has 1 N–H and O–H groups in total. The number of halogens is 1. The number of methoxy groups -OCH3 is 2. The van der Waals surface area contributed by atoms with E-state index in [1.807, 2.05) is 23.6 Å². The molecule has 2 rings (SSSR count). The van der Waals surface area contributed by atoms with Crippen molar-refractivity contribution in [3.63, 3.8) is 0 Å². The van der Waals surface area contributed by atoms with Crippen LogP contribution >= 0.6 is 27.3 Å². The van der Waals surface area contributed by atoms with E-state index >= 15 is 0 Å². The first-order valence-electron chi connectivity index (χ1n) is 5.87. The van der Waals surface area contributed by atoms with Crippen LogP contribution in [0.3, 0.4) is 0 Å². The molecule has 0 fully saturated rings. The van der Waals surface area contributed by atoms with E-state index in [1.165, 1.54) is 11.3 Å². The molecule has 0 aliphatic carbocycles.